The largest absolute Gasteiger partial charge is 0.398 e. The van der Waals surface area contributed by atoms with Gasteiger partial charge in [-0.1, -0.05) is 0 Å². The van der Waals surface area contributed by atoms with Gasteiger partial charge in [0, 0.05) is 25.4 Å². The third-order valence-electron chi connectivity index (χ3n) is 2.76. The molecule has 1 amide bonds. The highest BCUT2D eigenvalue weighted by Gasteiger charge is 2.24. The molecule has 0 saturated heterocycles. The Hall–Kier alpha value is -1.65. The van der Waals surface area contributed by atoms with Crippen LogP contribution < -0.4 is 11.5 Å². The Morgan fingerprint density at radius 3 is 2.24 bits per heavy atom. The smallest absolute Gasteiger partial charge is 0.248 e. The van der Waals surface area contributed by atoms with Crippen molar-refractivity contribution in [2.24, 2.45) is 5.73 Å². The number of nitrogens with zero attached hydrogens (tertiary/aromatic N) is 1. The number of nitrogen functional groups attached to an aromatic ring is 1. The van der Waals surface area contributed by atoms with Gasteiger partial charge in [-0.15, -0.1) is 0 Å². The standard InChI is InChI=1S/C11H17N3O5S2/c1-14(5-6-20(2,16)17)21(18,19)10-4-3-8(11(13)15)7-9(10)12/h3-4,7H,5-6,12H2,1-2H3,(H2,13,15). The summed E-state index contributed by atoms with van der Waals surface area (Å²) in [6.07, 6.45) is 1.02. The van der Waals surface area contributed by atoms with Crippen LogP contribution in [-0.2, 0) is 19.9 Å². The Morgan fingerprint density at radius 2 is 1.81 bits per heavy atom. The molecule has 1 rings (SSSR count). The number of carbonyl (C=O) groups excluding carboxylic acids is 1. The van der Waals surface area contributed by atoms with Crippen LogP contribution in [0, 0.1) is 0 Å². The third-order valence-corrected chi connectivity index (χ3v) is 5.61. The number of hydrogen-bond acceptors (Lipinski definition) is 6. The van der Waals surface area contributed by atoms with Crippen molar-refractivity contribution in [3.63, 3.8) is 0 Å². The van der Waals surface area contributed by atoms with E-state index in [9.17, 15) is 21.6 Å². The fraction of sp³-hybridized carbons (Fsp3) is 0.364. The van der Waals surface area contributed by atoms with Gasteiger partial charge in [0.2, 0.25) is 15.9 Å². The highest BCUT2D eigenvalue weighted by molar-refractivity contribution is 7.91. The van der Waals surface area contributed by atoms with E-state index in [1.807, 2.05) is 0 Å². The van der Waals surface area contributed by atoms with Gasteiger partial charge >= 0.3 is 0 Å². The van der Waals surface area contributed by atoms with E-state index in [1.165, 1.54) is 25.2 Å². The predicted octanol–water partition coefficient (Wildman–Crippen LogP) is -0.967. The fourth-order valence-corrected chi connectivity index (χ4v) is 3.50. The molecular formula is C11H17N3O5S2. The van der Waals surface area contributed by atoms with Crippen LogP contribution in [0.15, 0.2) is 23.1 Å². The summed E-state index contributed by atoms with van der Waals surface area (Å²) in [7, 11) is -5.98. The van der Waals surface area contributed by atoms with Crippen molar-refractivity contribution in [3.8, 4) is 0 Å². The number of nitrogens with two attached hydrogens (primary N) is 2. The number of amides is 1. The van der Waals surface area contributed by atoms with Gasteiger partial charge in [-0.2, -0.15) is 4.31 Å². The number of carbonyl (C=O) groups is 1. The maximum Gasteiger partial charge on any atom is 0.248 e. The van der Waals surface area contributed by atoms with Gasteiger partial charge in [0.05, 0.1) is 11.4 Å². The zero-order valence-corrected chi connectivity index (χ0v) is 13.2. The summed E-state index contributed by atoms with van der Waals surface area (Å²) in [6, 6.07) is 3.58. The van der Waals surface area contributed by atoms with Crippen LogP contribution in [0.3, 0.4) is 0 Å². The van der Waals surface area contributed by atoms with Crippen LogP contribution in [0.1, 0.15) is 10.4 Å². The third kappa shape index (κ3) is 4.41. The van der Waals surface area contributed by atoms with Crippen LogP contribution in [0.5, 0.6) is 0 Å². The van der Waals surface area contributed by atoms with E-state index in [4.69, 9.17) is 11.5 Å². The first-order chi connectivity index (χ1) is 9.45. The molecule has 118 valence electrons. The number of sulfone groups is 1. The van der Waals surface area contributed by atoms with Crippen molar-refractivity contribution in [2.75, 3.05) is 31.3 Å². The van der Waals surface area contributed by atoms with Gasteiger partial charge in [0.15, 0.2) is 0 Å². The lowest BCUT2D eigenvalue weighted by molar-refractivity contribution is 0.1000. The number of sulfonamides is 1. The number of primary amides is 1. The number of hydrogen-bond donors (Lipinski definition) is 2. The molecule has 0 fully saturated rings. The lowest BCUT2D eigenvalue weighted by atomic mass is 10.2. The lowest BCUT2D eigenvalue weighted by Gasteiger charge is -2.18. The molecule has 0 aliphatic heterocycles. The molecule has 1 aromatic rings. The average Bonchev–Trinajstić information content (AvgIpc) is 2.34. The molecule has 1 aromatic carbocycles. The quantitative estimate of drug-likeness (QED) is 0.641. The summed E-state index contributed by atoms with van der Waals surface area (Å²) < 4.78 is 47.6. The van der Waals surface area contributed by atoms with Gasteiger partial charge in [-0.3, -0.25) is 4.79 Å². The maximum atomic E-state index is 12.3. The summed E-state index contributed by atoms with van der Waals surface area (Å²) in [4.78, 5) is 10.8. The molecule has 8 nitrogen and oxygen atoms in total. The molecule has 0 bridgehead atoms. The van der Waals surface area contributed by atoms with Crippen molar-refractivity contribution in [1.82, 2.24) is 4.31 Å². The van der Waals surface area contributed by atoms with Crippen LogP contribution in [0.4, 0.5) is 5.69 Å². The molecule has 0 radical (unpaired) electrons. The van der Waals surface area contributed by atoms with E-state index in [0.29, 0.717) is 0 Å². The summed E-state index contributed by atoms with van der Waals surface area (Å²) in [6.45, 7) is -0.196. The van der Waals surface area contributed by atoms with Crippen LogP contribution in [-0.4, -0.2) is 52.6 Å². The summed E-state index contributed by atoms with van der Waals surface area (Å²) >= 11 is 0. The minimum absolute atomic E-state index is 0.0882. The first-order valence-electron chi connectivity index (χ1n) is 5.78. The molecule has 4 N–H and O–H groups in total. The van der Waals surface area contributed by atoms with Crippen molar-refractivity contribution >= 4 is 31.5 Å². The van der Waals surface area contributed by atoms with Gasteiger partial charge in [-0.05, 0) is 18.2 Å². The molecule has 0 heterocycles. The molecule has 0 aliphatic carbocycles. The molecule has 0 atom stereocenters. The van der Waals surface area contributed by atoms with E-state index in [0.717, 1.165) is 10.6 Å². The molecule has 21 heavy (non-hydrogen) atoms. The second-order valence-electron chi connectivity index (χ2n) is 4.57. The van der Waals surface area contributed by atoms with Crippen LogP contribution in [0.25, 0.3) is 0 Å². The van der Waals surface area contributed by atoms with Crippen LogP contribution in [0.2, 0.25) is 0 Å². The molecule has 10 heteroatoms. The second-order valence-corrected chi connectivity index (χ2v) is 8.85. The van der Waals surface area contributed by atoms with E-state index < -0.39 is 25.8 Å². The molecule has 0 unspecified atom stereocenters. The average molecular weight is 335 g/mol. The van der Waals surface area contributed by atoms with Crippen molar-refractivity contribution in [2.45, 2.75) is 4.90 Å². The Labute approximate surface area is 123 Å². The van der Waals surface area contributed by atoms with Gasteiger partial charge in [0.25, 0.3) is 0 Å². The van der Waals surface area contributed by atoms with Crippen LogP contribution >= 0.6 is 0 Å². The van der Waals surface area contributed by atoms with E-state index in [1.54, 1.807) is 0 Å². The topological polar surface area (TPSA) is 141 Å². The van der Waals surface area contributed by atoms with E-state index in [-0.39, 0.29) is 28.4 Å². The first-order valence-corrected chi connectivity index (χ1v) is 9.28. The normalized spacial score (nSPS) is 12.5. The molecule has 0 saturated carbocycles. The van der Waals surface area contributed by atoms with Gasteiger partial charge < -0.3 is 11.5 Å². The second kappa shape index (κ2) is 6.00. The highest BCUT2D eigenvalue weighted by Crippen LogP contribution is 2.22. The Kier molecular flexibility index (Phi) is 4.97. The highest BCUT2D eigenvalue weighted by atomic mass is 32.2. The number of rotatable bonds is 6. The Morgan fingerprint density at radius 1 is 1.24 bits per heavy atom. The monoisotopic (exact) mass is 335 g/mol. The fourth-order valence-electron chi connectivity index (χ4n) is 1.52. The first kappa shape index (κ1) is 17.4. The molecule has 0 aromatic heterocycles. The zero-order valence-electron chi connectivity index (χ0n) is 11.6. The Balaban J connectivity index is 3.10. The minimum atomic E-state index is -3.94. The van der Waals surface area contributed by atoms with E-state index in [2.05, 4.69) is 0 Å². The summed E-state index contributed by atoms with van der Waals surface area (Å²) in [5, 5.41) is 0. The molecule has 0 spiro atoms. The SMILES string of the molecule is CN(CCS(C)(=O)=O)S(=O)(=O)c1ccc(C(N)=O)cc1N. The minimum Gasteiger partial charge on any atom is -0.398 e. The van der Waals surface area contributed by atoms with Gasteiger partial charge in [-0.25, -0.2) is 16.8 Å². The maximum absolute atomic E-state index is 12.3. The van der Waals surface area contributed by atoms with Crippen molar-refractivity contribution < 1.29 is 21.6 Å². The summed E-state index contributed by atoms with van der Waals surface area (Å²) in [5.41, 5.74) is 10.7. The van der Waals surface area contributed by atoms with Crippen molar-refractivity contribution in [1.29, 1.82) is 0 Å². The van der Waals surface area contributed by atoms with Gasteiger partial charge in [0.1, 0.15) is 14.7 Å². The zero-order chi connectivity index (χ0) is 16.4. The number of benzene rings is 1. The summed E-state index contributed by atoms with van der Waals surface area (Å²) in [5.74, 6) is -1.03. The Bertz CT molecular complexity index is 756. The lowest BCUT2D eigenvalue weighted by Crippen LogP contribution is -2.32. The number of anilines is 1. The predicted molar refractivity (Wildman–Crippen MR) is 78.9 cm³/mol. The van der Waals surface area contributed by atoms with Crippen molar-refractivity contribution in [3.05, 3.63) is 23.8 Å². The molecule has 0 aliphatic rings. The molecular weight excluding hydrogens is 318 g/mol. The van der Waals surface area contributed by atoms with E-state index >= 15 is 0 Å².